The van der Waals surface area contributed by atoms with Crippen LogP contribution < -0.4 is 5.32 Å². The van der Waals surface area contributed by atoms with Crippen LogP contribution in [0.4, 0.5) is 0 Å². The lowest BCUT2D eigenvalue weighted by Crippen LogP contribution is -2.50. The molecule has 2 amide bonds. The molecule has 1 aliphatic rings. The molecule has 0 atom stereocenters. The van der Waals surface area contributed by atoms with Crippen LogP contribution in [0.5, 0.6) is 0 Å². The Morgan fingerprint density at radius 3 is 2.65 bits per heavy atom. The monoisotopic (exact) mass is 458 g/mol. The van der Waals surface area contributed by atoms with Gasteiger partial charge in [-0.1, -0.05) is 41.0 Å². The summed E-state index contributed by atoms with van der Waals surface area (Å²) in [5.74, 6) is 0.311. The number of hydrogen-bond acceptors (Lipinski definition) is 6. The van der Waals surface area contributed by atoms with Gasteiger partial charge in [-0.15, -0.1) is 11.3 Å². The van der Waals surface area contributed by atoms with Gasteiger partial charge in [0, 0.05) is 44.8 Å². The van der Waals surface area contributed by atoms with Crippen molar-refractivity contribution in [2.75, 3.05) is 39.3 Å². The highest BCUT2D eigenvalue weighted by atomic mass is 35.5. The van der Waals surface area contributed by atoms with Crippen molar-refractivity contribution in [2.24, 2.45) is 0 Å². The Morgan fingerprint density at radius 2 is 1.94 bits per heavy atom. The fourth-order valence-electron chi connectivity index (χ4n) is 3.62. The molecule has 1 aliphatic heterocycles. The Balaban J connectivity index is 1.30. The standard InChI is InChI=1S/C22H23ClN4O3S/c1-15-19(20(25-30-15)16-5-2-3-6-17(16)23)21(28)24-8-9-26-10-12-27(13-11-26)22(29)18-7-4-14-31-18/h2-7,14H,8-13H2,1H3,(H,24,28). The maximum absolute atomic E-state index is 12.8. The van der Waals surface area contributed by atoms with Crippen molar-refractivity contribution < 1.29 is 14.1 Å². The average Bonchev–Trinajstić information content (AvgIpc) is 3.44. The number of carbonyl (C=O) groups is 2. The second-order valence-corrected chi connectivity index (χ2v) is 8.66. The van der Waals surface area contributed by atoms with Crippen LogP contribution in [0, 0.1) is 6.92 Å². The Labute approximate surface area is 189 Å². The zero-order chi connectivity index (χ0) is 21.8. The van der Waals surface area contributed by atoms with Gasteiger partial charge >= 0.3 is 0 Å². The molecule has 0 saturated carbocycles. The van der Waals surface area contributed by atoms with Crippen molar-refractivity contribution >= 4 is 34.8 Å². The van der Waals surface area contributed by atoms with Crippen molar-refractivity contribution in [3.63, 3.8) is 0 Å². The third-order valence-electron chi connectivity index (χ3n) is 5.32. The summed E-state index contributed by atoms with van der Waals surface area (Å²) >= 11 is 7.74. The van der Waals surface area contributed by atoms with Crippen LogP contribution in [0.1, 0.15) is 25.8 Å². The molecule has 162 valence electrons. The molecule has 3 aromatic rings. The summed E-state index contributed by atoms with van der Waals surface area (Å²) in [6.07, 6.45) is 0. The lowest BCUT2D eigenvalue weighted by molar-refractivity contribution is 0.0643. The molecule has 0 bridgehead atoms. The zero-order valence-electron chi connectivity index (χ0n) is 17.1. The minimum Gasteiger partial charge on any atom is -0.360 e. The summed E-state index contributed by atoms with van der Waals surface area (Å²) in [5.41, 5.74) is 1.51. The van der Waals surface area contributed by atoms with Crippen molar-refractivity contribution in [1.29, 1.82) is 0 Å². The third-order valence-corrected chi connectivity index (χ3v) is 6.51. The molecule has 31 heavy (non-hydrogen) atoms. The third kappa shape index (κ3) is 4.81. The quantitative estimate of drug-likeness (QED) is 0.611. The number of aryl methyl sites for hydroxylation is 1. The molecule has 9 heteroatoms. The average molecular weight is 459 g/mol. The first-order valence-electron chi connectivity index (χ1n) is 10.1. The maximum Gasteiger partial charge on any atom is 0.264 e. The first-order chi connectivity index (χ1) is 15.0. The topological polar surface area (TPSA) is 78.7 Å². The smallest absolute Gasteiger partial charge is 0.264 e. The van der Waals surface area contributed by atoms with Gasteiger partial charge in [-0.2, -0.15) is 0 Å². The Bertz CT molecular complexity index is 1060. The number of carbonyl (C=O) groups excluding carboxylic acids is 2. The number of piperazine rings is 1. The predicted octanol–water partition coefficient (Wildman–Crippen LogP) is 3.55. The summed E-state index contributed by atoms with van der Waals surface area (Å²) in [6.45, 7) is 5.85. The van der Waals surface area contributed by atoms with Gasteiger partial charge in [0.2, 0.25) is 0 Å². The van der Waals surface area contributed by atoms with Crippen LogP contribution in [0.15, 0.2) is 46.3 Å². The lowest BCUT2D eigenvalue weighted by Gasteiger charge is -2.34. The molecule has 0 spiro atoms. The molecule has 1 saturated heterocycles. The fourth-order valence-corrected chi connectivity index (χ4v) is 4.54. The number of thiophene rings is 1. The van der Waals surface area contributed by atoms with Crippen LogP contribution in [0.3, 0.4) is 0 Å². The number of nitrogens with zero attached hydrogens (tertiary/aromatic N) is 3. The lowest BCUT2D eigenvalue weighted by atomic mass is 10.1. The van der Waals surface area contributed by atoms with Gasteiger partial charge in [0.05, 0.1) is 9.90 Å². The highest BCUT2D eigenvalue weighted by Gasteiger charge is 2.24. The van der Waals surface area contributed by atoms with Gasteiger partial charge in [-0.3, -0.25) is 14.5 Å². The van der Waals surface area contributed by atoms with E-state index in [-0.39, 0.29) is 11.8 Å². The summed E-state index contributed by atoms with van der Waals surface area (Å²) < 4.78 is 5.27. The molecule has 0 unspecified atom stereocenters. The Kier molecular flexibility index (Phi) is 6.70. The van der Waals surface area contributed by atoms with E-state index in [1.165, 1.54) is 11.3 Å². The van der Waals surface area contributed by atoms with Crippen LogP contribution in [0.25, 0.3) is 11.3 Å². The van der Waals surface area contributed by atoms with E-state index in [9.17, 15) is 9.59 Å². The van der Waals surface area contributed by atoms with E-state index in [0.29, 0.717) is 53.8 Å². The number of halogens is 1. The summed E-state index contributed by atoms with van der Waals surface area (Å²) in [7, 11) is 0. The molecule has 3 heterocycles. The van der Waals surface area contributed by atoms with Crippen LogP contribution in [0.2, 0.25) is 5.02 Å². The van der Waals surface area contributed by atoms with E-state index in [4.69, 9.17) is 16.1 Å². The summed E-state index contributed by atoms with van der Waals surface area (Å²) in [4.78, 5) is 30.2. The number of benzene rings is 1. The molecular formula is C22H23ClN4O3S. The van der Waals surface area contributed by atoms with Crippen molar-refractivity contribution in [1.82, 2.24) is 20.3 Å². The van der Waals surface area contributed by atoms with Gasteiger partial charge in [0.25, 0.3) is 11.8 Å². The molecule has 0 aliphatic carbocycles. The second kappa shape index (κ2) is 9.64. The van der Waals surface area contributed by atoms with Crippen molar-refractivity contribution in [3.8, 4) is 11.3 Å². The maximum atomic E-state index is 12.8. The SMILES string of the molecule is Cc1onc(-c2ccccc2Cl)c1C(=O)NCCN1CCN(C(=O)c2cccs2)CC1. The minimum absolute atomic E-state index is 0.0954. The number of aromatic nitrogens is 1. The van der Waals surface area contributed by atoms with E-state index in [1.54, 1.807) is 13.0 Å². The normalized spacial score (nSPS) is 14.6. The molecule has 0 radical (unpaired) electrons. The number of amides is 2. The molecule has 4 rings (SSSR count). The molecule has 1 fully saturated rings. The highest BCUT2D eigenvalue weighted by molar-refractivity contribution is 7.12. The number of nitrogens with one attached hydrogen (secondary N) is 1. The largest absolute Gasteiger partial charge is 0.360 e. The molecule has 1 N–H and O–H groups in total. The molecule has 2 aromatic heterocycles. The van der Waals surface area contributed by atoms with E-state index in [2.05, 4.69) is 15.4 Å². The van der Waals surface area contributed by atoms with Crippen LogP contribution in [-0.4, -0.2) is 66.0 Å². The number of rotatable bonds is 6. The predicted molar refractivity (Wildman–Crippen MR) is 121 cm³/mol. The van der Waals surface area contributed by atoms with Gasteiger partial charge < -0.3 is 14.7 Å². The van der Waals surface area contributed by atoms with Crippen molar-refractivity contribution in [3.05, 3.63) is 63.0 Å². The van der Waals surface area contributed by atoms with Gasteiger partial charge in [-0.05, 0) is 24.4 Å². The second-order valence-electron chi connectivity index (χ2n) is 7.31. The first-order valence-corrected chi connectivity index (χ1v) is 11.3. The molecule has 1 aromatic carbocycles. The highest BCUT2D eigenvalue weighted by Crippen LogP contribution is 2.30. The van der Waals surface area contributed by atoms with E-state index >= 15 is 0 Å². The van der Waals surface area contributed by atoms with E-state index < -0.39 is 0 Å². The van der Waals surface area contributed by atoms with E-state index in [0.717, 1.165) is 18.0 Å². The number of hydrogen-bond donors (Lipinski definition) is 1. The molecule has 7 nitrogen and oxygen atoms in total. The van der Waals surface area contributed by atoms with Crippen LogP contribution in [-0.2, 0) is 0 Å². The summed E-state index contributed by atoms with van der Waals surface area (Å²) in [6, 6.07) is 11.0. The van der Waals surface area contributed by atoms with Crippen LogP contribution >= 0.6 is 22.9 Å². The van der Waals surface area contributed by atoms with Crippen molar-refractivity contribution in [2.45, 2.75) is 6.92 Å². The Morgan fingerprint density at radius 1 is 1.16 bits per heavy atom. The minimum atomic E-state index is -0.236. The summed E-state index contributed by atoms with van der Waals surface area (Å²) in [5, 5.41) is 9.43. The first kappa shape index (κ1) is 21.5. The van der Waals surface area contributed by atoms with Gasteiger partial charge in [0.15, 0.2) is 0 Å². The van der Waals surface area contributed by atoms with Gasteiger partial charge in [0.1, 0.15) is 17.0 Å². The molecular weight excluding hydrogens is 436 g/mol. The zero-order valence-corrected chi connectivity index (χ0v) is 18.7. The van der Waals surface area contributed by atoms with Gasteiger partial charge in [-0.25, -0.2) is 0 Å². The Hall–Kier alpha value is -2.68. The van der Waals surface area contributed by atoms with E-state index in [1.807, 2.05) is 40.6 Å². The fraction of sp³-hybridized carbons (Fsp3) is 0.318.